The molecule has 0 aliphatic rings. The fourth-order valence-corrected chi connectivity index (χ4v) is 4.85. The van der Waals surface area contributed by atoms with Crippen LogP contribution in [-0.4, -0.2) is 0 Å². The van der Waals surface area contributed by atoms with Gasteiger partial charge in [0.25, 0.3) is 0 Å². The van der Waals surface area contributed by atoms with Gasteiger partial charge >= 0.3 is 0 Å². The van der Waals surface area contributed by atoms with Crippen molar-refractivity contribution in [2.45, 2.75) is 77.6 Å². The van der Waals surface area contributed by atoms with Crippen LogP contribution in [0.4, 0.5) is 0 Å². The number of hydrogen-bond donors (Lipinski definition) is 0. The predicted octanol–water partition coefficient (Wildman–Crippen LogP) is 11.0. The molecular formula is C36H42O3. The largest absolute Gasteiger partial charge is 0.456 e. The van der Waals surface area contributed by atoms with Crippen LogP contribution in [0, 0.1) is 0 Å². The smallest absolute Gasteiger partial charge is 0.186 e. The lowest BCUT2D eigenvalue weighted by Gasteiger charge is -2.18. The van der Waals surface area contributed by atoms with Gasteiger partial charge in [-0.1, -0.05) is 138 Å². The topological polar surface area (TPSA) is 27.7 Å². The van der Waals surface area contributed by atoms with Crippen LogP contribution >= 0.6 is 0 Å². The molecule has 0 aromatic heterocycles. The summed E-state index contributed by atoms with van der Waals surface area (Å²) in [7, 11) is 0. The standard InChI is InChI=1S/C36H42O3/c1-2-3-4-5-6-7-8-9-10-13-21-30-22-20-28-34(36(30)37-31-23-14-11-15-24-31)33-27-18-19-29-35(33)39-38-32-25-16-12-17-26-32/h11-12,14-20,22-29H,2-10,13,21H2,1H3. The third-order valence-corrected chi connectivity index (χ3v) is 7.01. The van der Waals surface area contributed by atoms with Gasteiger partial charge in [0.1, 0.15) is 11.5 Å². The molecule has 0 bridgehead atoms. The molecule has 0 saturated carbocycles. The summed E-state index contributed by atoms with van der Waals surface area (Å²) in [6.07, 6.45) is 14.2. The molecule has 0 aliphatic heterocycles. The molecule has 0 radical (unpaired) electrons. The van der Waals surface area contributed by atoms with E-state index in [1.54, 1.807) is 0 Å². The van der Waals surface area contributed by atoms with Crippen LogP contribution in [0.15, 0.2) is 103 Å². The SMILES string of the molecule is CCCCCCCCCCCCc1cccc(-c2ccccc2OOc2ccccc2)c1Oc1ccccc1. The maximum atomic E-state index is 6.56. The number of hydrogen-bond acceptors (Lipinski definition) is 3. The minimum absolute atomic E-state index is 0.648. The van der Waals surface area contributed by atoms with Crippen molar-refractivity contribution < 1.29 is 14.5 Å². The fourth-order valence-electron chi connectivity index (χ4n) is 4.85. The number of para-hydroxylation sites is 4. The minimum atomic E-state index is 0.648. The zero-order valence-corrected chi connectivity index (χ0v) is 23.3. The lowest BCUT2D eigenvalue weighted by Crippen LogP contribution is -2.02. The van der Waals surface area contributed by atoms with E-state index in [2.05, 4.69) is 31.2 Å². The van der Waals surface area contributed by atoms with E-state index in [1.807, 2.05) is 78.9 Å². The maximum Gasteiger partial charge on any atom is 0.186 e. The fraction of sp³-hybridized carbons (Fsp3) is 0.333. The molecule has 0 saturated heterocycles. The quantitative estimate of drug-likeness (QED) is 0.0784. The Kier molecular flexibility index (Phi) is 11.8. The van der Waals surface area contributed by atoms with Crippen LogP contribution in [0.25, 0.3) is 11.1 Å². The second-order valence-electron chi connectivity index (χ2n) is 10.1. The third kappa shape index (κ3) is 9.21. The molecule has 39 heavy (non-hydrogen) atoms. The number of benzene rings is 4. The molecule has 4 aromatic rings. The van der Waals surface area contributed by atoms with Gasteiger partial charge in [-0.05, 0) is 48.7 Å². The molecule has 204 valence electrons. The van der Waals surface area contributed by atoms with Crippen molar-refractivity contribution in [3.05, 3.63) is 109 Å². The Morgan fingerprint density at radius 1 is 0.462 bits per heavy atom. The van der Waals surface area contributed by atoms with Crippen LogP contribution < -0.4 is 14.5 Å². The van der Waals surface area contributed by atoms with Gasteiger partial charge in [0.2, 0.25) is 0 Å². The average molecular weight is 523 g/mol. The maximum absolute atomic E-state index is 6.56. The molecule has 0 atom stereocenters. The molecule has 0 unspecified atom stereocenters. The summed E-state index contributed by atoms with van der Waals surface area (Å²) in [6, 6.07) is 33.9. The Balaban J connectivity index is 1.46. The van der Waals surface area contributed by atoms with Crippen LogP contribution in [0.2, 0.25) is 0 Å². The van der Waals surface area contributed by atoms with Gasteiger partial charge in [-0.25, -0.2) is 0 Å². The first-order valence-corrected chi connectivity index (χ1v) is 14.7. The van der Waals surface area contributed by atoms with Gasteiger partial charge in [0, 0.05) is 11.1 Å². The molecule has 4 aromatic carbocycles. The van der Waals surface area contributed by atoms with Crippen molar-refractivity contribution in [2.24, 2.45) is 0 Å². The minimum Gasteiger partial charge on any atom is -0.456 e. The van der Waals surface area contributed by atoms with Crippen molar-refractivity contribution in [1.82, 2.24) is 0 Å². The number of aryl methyl sites for hydroxylation is 1. The van der Waals surface area contributed by atoms with E-state index in [-0.39, 0.29) is 0 Å². The van der Waals surface area contributed by atoms with Gasteiger partial charge in [-0.15, -0.1) is 0 Å². The number of ether oxygens (including phenoxy) is 1. The lowest BCUT2D eigenvalue weighted by atomic mass is 9.97. The Hall–Kier alpha value is -3.72. The Morgan fingerprint density at radius 3 is 1.72 bits per heavy atom. The number of rotatable bonds is 17. The zero-order valence-electron chi connectivity index (χ0n) is 23.3. The first kappa shape index (κ1) is 28.3. The summed E-state index contributed by atoms with van der Waals surface area (Å²) in [6.45, 7) is 2.28. The summed E-state index contributed by atoms with van der Waals surface area (Å²) >= 11 is 0. The van der Waals surface area contributed by atoms with Crippen molar-refractivity contribution >= 4 is 0 Å². The lowest BCUT2D eigenvalue weighted by molar-refractivity contribution is -0.0993. The Labute approximate surface area is 234 Å². The van der Waals surface area contributed by atoms with E-state index in [1.165, 1.54) is 63.4 Å². The molecule has 3 nitrogen and oxygen atoms in total. The van der Waals surface area contributed by atoms with Crippen LogP contribution in [0.3, 0.4) is 0 Å². The highest BCUT2D eigenvalue weighted by atomic mass is 17.2. The van der Waals surface area contributed by atoms with Gasteiger partial charge in [0.15, 0.2) is 11.5 Å². The second-order valence-corrected chi connectivity index (χ2v) is 10.1. The van der Waals surface area contributed by atoms with Gasteiger partial charge in [-0.3, -0.25) is 9.78 Å². The predicted molar refractivity (Wildman–Crippen MR) is 162 cm³/mol. The van der Waals surface area contributed by atoms with Crippen molar-refractivity contribution in [3.8, 4) is 34.1 Å². The Bertz CT molecular complexity index is 1220. The average Bonchev–Trinajstić information content (AvgIpc) is 2.99. The number of unbranched alkanes of at least 4 members (excludes halogenated alkanes) is 9. The summed E-state index contributed by atoms with van der Waals surface area (Å²) in [5.41, 5.74) is 3.15. The van der Waals surface area contributed by atoms with Crippen LogP contribution in [-0.2, 0) is 6.42 Å². The molecule has 0 spiro atoms. The van der Waals surface area contributed by atoms with Gasteiger partial charge < -0.3 is 4.74 Å². The van der Waals surface area contributed by atoms with Gasteiger partial charge in [-0.2, -0.15) is 0 Å². The van der Waals surface area contributed by atoms with E-state index < -0.39 is 0 Å². The molecule has 0 amide bonds. The zero-order chi connectivity index (χ0) is 27.0. The molecule has 0 heterocycles. The van der Waals surface area contributed by atoms with E-state index in [0.717, 1.165) is 35.5 Å². The van der Waals surface area contributed by atoms with E-state index >= 15 is 0 Å². The normalized spacial score (nSPS) is 10.8. The van der Waals surface area contributed by atoms with Crippen LogP contribution in [0.5, 0.6) is 23.0 Å². The van der Waals surface area contributed by atoms with Crippen molar-refractivity contribution in [1.29, 1.82) is 0 Å². The molecular weight excluding hydrogens is 480 g/mol. The van der Waals surface area contributed by atoms with Crippen molar-refractivity contribution in [2.75, 3.05) is 0 Å². The first-order chi connectivity index (χ1) is 19.3. The molecule has 4 rings (SSSR count). The molecule has 0 fully saturated rings. The van der Waals surface area contributed by atoms with Crippen molar-refractivity contribution in [3.63, 3.8) is 0 Å². The third-order valence-electron chi connectivity index (χ3n) is 7.01. The molecule has 3 heteroatoms. The Morgan fingerprint density at radius 2 is 1.03 bits per heavy atom. The highest BCUT2D eigenvalue weighted by Gasteiger charge is 2.17. The van der Waals surface area contributed by atoms with E-state index in [4.69, 9.17) is 14.5 Å². The molecule has 0 aliphatic carbocycles. The second kappa shape index (κ2) is 16.3. The van der Waals surface area contributed by atoms with Crippen LogP contribution in [0.1, 0.15) is 76.7 Å². The van der Waals surface area contributed by atoms with E-state index in [0.29, 0.717) is 11.5 Å². The molecule has 0 N–H and O–H groups in total. The summed E-state index contributed by atoms with van der Waals surface area (Å²) in [5, 5.41) is 0. The van der Waals surface area contributed by atoms with Gasteiger partial charge in [0.05, 0.1) is 0 Å². The summed E-state index contributed by atoms with van der Waals surface area (Å²) in [4.78, 5) is 11.5. The summed E-state index contributed by atoms with van der Waals surface area (Å²) < 4.78 is 6.56. The highest BCUT2D eigenvalue weighted by molar-refractivity contribution is 5.77. The highest BCUT2D eigenvalue weighted by Crippen LogP contribution is 2.41. The van der Waals surface area contributed by atoms with E-state index in [9.17, 15) is 0 Å². The first-order valence-electron chi connectivity index (χ1n) is 14.7. The monoisotopic (exact) mass is 522 g/mol. The summed E-state index contributed by atoms with van der Waals surface area (Å²) in [5.74, 6) is 3.02.